The summed E-state index contributed by atoms with van der Waals surface area (Å²) in [7, 11) is 1.89. The smallest absolute Gasteiger partial charge is 0.125 e. The number of imidazole rings is 1. The molecule has 0 fully saturated rings. The van der Waals surface area contributed by atoms with Crippen molar-refractivity contribution < 1.29 is 0 Å². The van der Waals surface area contributed by atoms with Gasteiger partial charge in [0.05, 0.1) is 29.3 Å². The second-order valence-electron chi connectivity index (χ2n) is 5.29. The van der Waals surface area contributed by atoms with Crippen LogP contribution in [0.3, 0.4) is 0 Å². The average molecular weight is 292 g/mol. The van der Waals surface area contributed by atoms with Crippen molar-refractivity contribution in [1.29, 1.82) is 0 Å². The molecule has 3 heterocycles. The quantitative estimate of drug-likeness (QED) is 0.694. The van der Waals surface area contributed by atoms with Gasteiger partial charge >= 0.3 is 0 Å². The number of hydrogen-bond donors (Lipinski definition) is 3. The molecule has 3 N–H and O–H groups in total. The van der Waals surface area contributed by atoms with Crippen LogP contribution in [-0.4, -0.2) is 33.4 Å². The molecule has 1 atom stereocenters. The Balaban J connectivity index is 1.60. The van der Waals surface area contributed by atoms with Gasteiger partial charge in [-0.25, -0.2) is 4.98 Å². The Morgan fingerprint density at radius 2 is 2.27 bits per heavy atom. The highest BCUT2D eigenvalue weighted by Crippen LogP contribution is 2.30. The van der Waals surface area contributed by atoms with Gasteiger partial charge in [0.1, 0.15) is 5.82 Å². The Morgan fingerprint density at radius 1 is 1.32 bits per heavy atom. The monoisotopic (exact) mass is 292 g/mol. The predicted molar refractivity (Wildman–Crippen MR) is 88.1 cm³/mol. The minimum atomic E-state index is 0.251. The normalized spacial score (nSPS) is 17.7. The Morgan fingerprint density at radius 3 is 3.09 bits per heavy atom. The number of nitrogens with zero attached hydrogens (tertiary/aromatic N) is 3. The van der Waals surface area contributed by atoms with Gasteiger partial charge < -0.3 is 10.3 Å². The van der Waals surface area contributed by atoms with Crippen molar-refractivity contribution in [3.63, 3.8) is 0 Å². The first kappa shape index (κ1) is 12.8. The van der Waals surface area contributed by atoms with E-state index in [0.29, 0.717) is 0 Å². The van der Waals surface area contributed by atoms with Crippen LogP contribution >= 0.6 is 0 Å². The van der Waals surface area contributed by atoms with Gasteiger partial charge in [0.25, 0.3) is 0 Å². The van der Waals surface area contributed by atoms with Crippen LogP contribution in [0, 0.1) is 0 Å². The first-order chi connectivity index (χ1) is 10.8. The molecule has 1 aliphatic rings. The van der Waals surface area contributed by atoms with Crippen molar-refractivity contribution in [1.82, 2.24) is 20.2 Å². The van der Waals surface area contributed by atoms with Gasteiger partial charge in [-0.05, 0) is 18.6 Å². The number of rotatable bonds is 3. The molecule has 22 heavy (non-hydrogen) atoms. The zero-order valence-corrected chi connectivity index (χ0v) is 12.2. The molecule has 0 amide bonds. The lowest BCUT2D eigenvalue weighted by molar-refractivity contribution is 0.916. The number of hydrogen-bond acceptors (Lipinski definition) is 4. The van der Waals surface area contributed by atoms with Crippen LogP contribution in [0.5, 0.6) is 0 Å². The minimum absolute atomic E-state index is 0.251. The van der Waals surface area contributed by atoms with Gasteiger partial charge in [-0.1, -0.05) is 12.1 Å². The van der Waals surface area contributed by atoms with Crippen LogP contribution in [-0.2, 0) is 0 Å². The maximum Gasteiger partial charge on any atom is 0.125 e. The van der Waals surface area contributed by atoms with Crippen LogP contribution in [0.25, 0.3) is 16.7 Å². The molecular formula is C16H16N6. The van der Waals surface area contributed by atoms with E-state index in [9.17, 15) is 0 Å². The second kappa shape index (κ2) is 5.14. The molecule has 3 aromatic rings. The molecule has 4 rings (SSSR count). The van der Waals surface area contributed by atoms with Crippen LogP contribution in [0.1, 0.15) is 23.5 Å². The standard InChI is InChI=1S/C16H16N6/c1-17-16-12(8-21-22-16)11-3-4-13(18-7-11)10-2-5-14-15(6-10)20-9-19-14/h2,4-9,11H,3H2,1H3,(H,19,20)(H2,17,21,22). The second-order valence-corrected chi connectivity index (χ2v) is 5.29. The van der Waals surface area contributed by atoms with E-state index in [1.54, 1.807) is 6.33 Å². The lowest BCUT2D eigenvalue weighted by atomic mass is 9.95. The van der Waals surface area contributed by atoms with Crippen LogP contribution in [0.4, 0.5) is 5.82 Å². The third-order valence-corrected chi connectivity index (χ3v) is 3.99. The summed E-state index contributed by atoms with van der Waals surface area (Å²) in [6.07, 6.45) is 8.65. The molecular weight excluding hydrogens is 276 g/mol. The third-order valence-electron chi connectivity index (χ3n) is 3.99. The van der Waals surface area contributed by atoms with Gasteiger partial charge in [-0.3, -0.25) is 10.1 Å². The van der Waals surface area contributed by atoms with E-state index < -0.39 is 0 Å². The molecule has 0 spiro atoms. The summed E-state index contributed by atoms with van der Waals surface area (Å²) >= 11 is 0. The largest absolute Gasteiger partial charge is 0.373 e. The molecule has 0 saturated heterocycles. The number of fused-ring (bicyclic) bond motifs is 1. The predicted octanol–water partition coefficient (Wildman–Crippen LogP) is 2.93. The first-order valence-corrected chi connectivity index (χ1v) is 7.24. The minimum Gasteiger partial charge on any atom is -0.373 e. The Bertz CT molecular complexity index is 870. The van der Waals surface area contributed by atoms with E-state index in [4.69, 9.17) is 0 Å². The van der Waals surface area contributed by atoms with Crippen molar-refractivity contribution >= 4 is 28.8 Å². The van der Waals surface area contributed by atoms with E-state index in [2.05, 4.69) is 48.7 Å². The fourth-order valence-electron chi connectivity index (χ4n) is 2.79. The van der Waals surface area contributed by atoms with Crippen molar-refractivity contribution in [2.75, 3.05) is 12.4 Å². The van der Waals surface area contributed by atoms with Gasteiger partial charge in [-0.15, -0.1) is 0 Å². The molecule has 1 unspecified atom stereocenters. The molecule has 1 aromatic carbocycles. The Hall–Kier alpha value is -2.89. The molecule has 1 aliphatic heterocycles. The fourth-order valence-corrected chi connectivity index (χ4v) is 2.79. The van der Waals surface area contributed by atoms with Crippen molar-refractivity contribution in [3.8, 4) is 0 Å². The molecule has 110 valence electrons. The zero-order chi connectivity index (χ0) is 14.9. The number of benzene rings is 1. The lowest BCUT2D eigenvalue weighted by Crippen LogP contribution is -2.05. The highest BCUT2D eigenvalue weighted by atomic mass is 15.2. The summed E-state index contributed by atoms with van der Waals surface area (Å²) < 4.78 is 0. The topological polar surface area (TPSA) is 81.8 Å². The van der Waals surface area contributed by atoms with Gasteiger partial charge in [-0.2, -0.15) is 5.10 Å². The number of aromatic nitrogens is 4. The van der Waals surface area contributed by atoms with E-state index in [-0.39, 0.29) is 5.92 Å². The number of aromatic amines is 2. The summed E-state index contributed by atoms with van der Waals surface area (Å²) in [6.45, 7) is 0. The Labute approximate surface area is 127 Å². The molecule has 6 heteroatoms. The summed E-state index contributed by atoms with van der Waals surface area (Å²) in [5.41, 5.74) is 5.25. The van der Waals surface area contributed by atoms with Gasteiger partial charge in [0.15, 0.2) is 0 Å². The van der Waals surface area contributed by atoms with Gasteiger partial charge in [0, 0.05) is 30.3 Å². The highest BCUT2D eigenvalue weighted by molar-refractivity contribution is 5.85. The van der Waals surface area contributed by atoms with E-state index in [1.165, 1.54) is 0 Å². The molecule has 0 aliphatic carbocycles. The number of aliphatic imine (C=N–C) groups is 1. The van der Waals surface area contributed by atoms with Crippen LogP contribution < -0.4 is 5.32 Å². The summed E-state index contributed by atoms with van der Waals surface area (Å²) in [6, 6.07) is 6.16. The van der Waals surface area contributed by atoms with E-state index >= 15 is 0 Å². The number of H-pyrrole nitrogens is 2. The average Bonchev–Trinajstić information content (AvgIpc) is 3.23. The van der Waals surface area contributed by atoms with Crippen molar-refractivity contribution in [3.05, 3.63) is 47.9 Å². The van der Waals surface area contributed by atoms with Crippen LogP contribution in [0.15, 0.2) is 41.8 Å². The lowest BCUT2D eigenvalue weighted by Gasteiger charge is -2.15. The zero-order valence-electron chi connectivity index (χ0n) is 12.2. The number of nitrogens with one attached hydrogen (secondary N) is 3. The van der Waals surface area contributed by atoms with Crippen LogP contribution in [0.2, 0.25) is 0 Å². The maximum absolute atomic E-state index is 4.64. The molecule has 6 nitrogen and oxygen atoms in total. The highest BCUT2D eigenvalue weighted by Gasteiger charge is 2.17. The summed E-state index contributed by atoms with van der Waals surface area (Å²) in [5, 5.41) is 10.2. The third kappa shape index (κ3) is 2.09. The van der Waals surface area contributed by atoms with Crippen molar-refractivity contribution in [2.45, 2.75) is 12.3 Å². The maximum atomic E-state index is 4.64. The number of anilines is 1. The summed E-state index contributed by atoms with van der Waals surface area (Å²) in [4.78, 5) is 12.0. The van der Waals surface area contributed by atoms with E-state index in [1.807, 2.05) is 25.5 Å². The number of allylic oxidation sites excluding steroid dienone is 1. The molecule has 0 radical (unpaired) electrons. The molecule has 2 aromatic heterocycles. The molecule has 0 saturated carbocycles. The van der Waals surface area contributed by atoms with Crippen molar-refractivity contribution in [2.24, 2.45) is 4.99 Å². The van der Waals surface area contributed by atoms with E-state index in [0.717, 1.165) is 40.1 Å². The Kier molecular flexibility index (Phi) is 3.00. The summed E-state index contributed by atoms with van der Waals surface area (Å²) in [5.74, 6) is 1.20. The molecule has 0 bridgehead atoms. The fraction of sp³-hybridized carbons (Fsp3) is 0.188. The first-order valence-electron chi connectivity index (χ1n) is 7.24. The van der Waals surface area contributed by atoms with Gasteiger partial charge in [0.2, 0.25) is 0 Å². The SMILES string of the molecule is CNc1[nH]ncc1C1C=NC(c2ccc3nc[nH]c3c2)=CC1.